The van der Waals surface area contributed by atoms with Gasteiger partial charge in [-0.3, -0.25) is 0 Å². The Morgan fingerprint density at radius 2 is 0.667 bits per heavy atom. The van der Waals surface area contributed by atoms with E-state index in [9.17, 15) is 0 Å². The SMILES string of the molecule is [CH3][Ga][CH3].[CH3][Ga][CH3]. The molecule has 0 aliphatic rings. The molecule has 34 valence electrons. The van der Waals surface area contributed by atoms with Gasteiger partial charge < -0.3 is 0 Å². The third-order valence-corrected chi connectivity index (χ3v) is 0. The van der Waals surface area contributed by atoms with Gasteiger partial charge in [-0.15, -0.1) is 0 Å². The Morgan fingerprint density at radius 1 is 0.667 bits per heavy atom. The van der Waals surface area contributed by atoms with Gasteiger partial charge in [0.25, 0.3) is 0 Å². The molecule has 0 saturated carbocycles. The first kappa shape index (κ1) is 10.3. The molecule has 2 heteroatoms. The molecule has 0 spiro atoms. The second-order valence-corrected chi connectivity index (χ2v) is 6.00. The molecule has 0 bridgehead atoms. The number of hydrogen-bond donors (Lipinski definition) is 0. The molecule has 0 aromatic rings. The van der Waals surface area contributed by atoms with Crippen LogP contribution in [0.3, 0.4) is 0 Å². The number of rotatable bonds is 0. The summed E-state index contributed by atoms with van der Waals surface area (Å²) in [5, 5.41) is 0. The van der Waals surface area contributed by atoms with Gasteiger partial charge in [0.05, 0.1) is 0 Å². The average molecular weight is 200 g/mol. The van der Waals surface area contributed by atoms with Gasteiger partial charge in [0.15, 0.2) is 0 Å². The summed E-state index contributed by atoms with van der Waals surface area (Å²) in [4.78, 5) is 0. The summed E-state index contributed by atoms with van der Waals surface area (Å²) in [7, 11) is 0. The van der Waals surface area contributed by atoms with Gasteiger partial charge in [-0.2, -0.15) is 0 Å². The van der Waals surface area contributed by atoms with Gasteiger partial charge in [0.2, 0.25) is 0 Å². The third kappa shape index (κ3) is 59.4. The first-order valence-electron chi connectivity index (χ1n) is 2.31. The Morgan fingerprint density at radius 3 is 0.667 bits per heavy atom. The minimum atomic E-state index is 0.312. The van der Waals surface area contributed by atoms with Crippen LogP contribution in [-0.2, 0) is 0 Å². The van der Waals surface area contributed by atoms with Gasteiger partial charge in [0.1, 0.15) is 0 Å². The minimum absolute atomic E-state index is 0.312. The average Bonchev–Trinajstić information content (AvgIpc) is 1.39. The summed E-state index contributed by atoms with van der Waals surface area (Å²) in [6.45, 7) is 0. The molecular formula is C4H12Ga2. The summed E-state index contributed by atoms with van der Waals surface area (Å²) in [6, 6.07) is 0. The predicted molar refractivity (Wildman–Crippen MR) is 35.0 cm³/mol. The van der Waals surface area contributed by atoms with Gasteiger partial charge in [0, 0.05) is 0 Å². The second kappa shape index (κ2) is 16.3. The van der Waals surface area contributed by atoms with Crippen LogP contribution in [0.15, 0.2) is 0 Å². The van der Waals surface area contributed by atoms with E-state index in [1.807, 2.05) is 0 Å². The van der Waals surface area contributed by atoms with Crippen LogP contribution >= 0.6 is 0 Å². The van der Waals surface area contributed by atoms with Crippen molar-refractivity contribution >= 4 is 34.8 Å². The normalized spacial score (nSPS) is 4.67. The molecule has 0 rings (SSSR count). The molecule has 0 fully saturated rings. The van der Waals surface area contributed by atoms with Crippen molar-refractivity contribution in [2.24, 2.45) is 0 Å². The van der Waals surface area contributed by atoms with Crippen LogP contribution in [0.4, 0.5) is 0 Å². The molecule has 0 N–H and O–H groups in total. The molecule has 0 aliphatic heterocycles. The summed E-state index contributed by atoms with van der Waals surface area (Å²) in [6.07, 6.45) is 0. The van der Waals surface area contributed by atoms with E-state index in [2.05, 4.69) is 21.9 Å². The maximum atomic E-state index is 2.28. The van der Waals surface area contributed by atoms with E-state index < -0.39 is 0 Å². The monoisotopic (exact) mass is 198 g/mol. The summed E-state index contributed by atoms with van der Waals surface area (Å²) in [5.74, 6) is 0. The number of hydrogen-bond acceptors (Lipinski definition) is 0. The topological polar surface area (TPSA) is 0 Å². The molecule has 0 aliphatic carbocycles. The molecule has 0 heterocycles. The fourth-order valence-electron chi connectivity index (χ4n) is 0. The molecule has 0 nitrogen and oxygen atoms in total. The fourth-order valence-corrected chi connectivity index (χ4v) is 0. The van der Waals surface area contributed by atoms with Crippen LogP contribution in [0.1, 0.15) is 0 Å². The van der Waals surface area contributed by atoms with Crippen molar-refractivity contribution < 1.29 is 0 Å². The van der Waals surface area contributed by atoms with Crippen LogP contribution < -0.4 is 0 Å². The van der Waals surface area contributed by atoms with Crippen LogP contribution in [0.2, 0.25) is 21.9 Å². The zero-order valence-electron chi connectivity index (χ0n) is 5.15. The van der Waals surface area contributed by atoms with E-state index in [0.717, 1.165) is 0 Å². The molecule has 0 saturated heterocycles. The van der Waals surface area contributed by atoms with Crippen molar-refractivity contribution in [1.82, 2.24) is 0 Å². The van der Waals surface area contributed by atoms with Crippen molar-refractivity contribution in [3.05, 3.63) is 0 Å². The zero-order chi connectivity index (χ0) is 5.41. The summed E-state index contributed by atoms with van der Waals surface area (Å²) in [5.41, 5.74) is 9.12. The van der Waals surface area contributed by atoms with Crippen LogP contribution in [0, 0.1) is 0 Å². The molecule has 2 radical (unpaired) electrons. The molecule has 0 atom stereocenters. The van der Waals surface area contributed by atoms with Gasteiger partial charge in [-0.1, -0.05) is 0 Å². The molecule has 0 amide bonds. The first-order chi connectivity index (χ1) is 2.83. The van der Waals surface area contributed by atoms with Gasteiger partial charge in [-0.05, 0) is 0 Å². The molecule has 0 aromatic heterocycles. The van der Waals surface area contributed by atoms with Crippen LogP contribution in [-0.4, -0.2) is 34.8 Å². The summed E-state index contributed by atoms with van der Waals surface area (Å²) < 4.78 is 0. The fraction of sp³-hybridized carbons (Fsp3) is 1.00. The van der Waals surface area contributed by atoms with Crippen molar-refractivity contribution in [1.29, 1.82) is 0 Å². The van der Waals surface area contributed by atoms with Crippen molar-refractivity contribution in [3.63, 3.8) is 0 Å². The van der Waals surface area contributed by atoms with E-state index >= 15 is 0 Å². The van der Waals surface area contributed by atoms with Crippen molar-refractivity contribution in [2.45, 2.75) is 21.9 Å². The quantitative estimate of drug-likeness (QED) is 0.520. The Bertz CT molecular complexity index is 7.51. The van der Waals surface area contributed by atoms with E-state index in [1.54, 1.807) is 0 Å². The third-order valence-electron chi connectivity index (χ3n) is 0. The Kier molecular flexibility index (Phi) is 27.9. The van der Waals surface area contributed by atoms with Crippen molar-refractivity contribution in [3.8, 4) is 0 Å². The van der Waals surface area contributed by atoms with Gasteiger partial charge in [-0.25, -0.2) is 0 Å². The van der Waals surface area contributed by atoms with E-state index in [0.29, 0.717) is 34.8 Å². The second-order valence-electron chi connectivity index (χ2n) is 1.15. The predicted octanol–water partition coefficient (Wildman–Crippen LogP) is 1.57. The Labute approximate surface area is 56.7 Å². The zero-order valence-corrected chi connectivity index (χ0v) is 10.0. The van der Waals surface area contributed by atoms with Crippen LogP contribution in [0.25, 0.3) is 0 Å². The Balaban J connectivity index is 0. The molecule has 6 heavy (non-hydrogen) atoms. The molecular weight excluding hydrogens is 187 g/mol. The van der Waals surface area contributed by atoms with Gasteiger partial charge >= 0.3 is 56.7 Å². The molecule has 0 unspecified atom stereocenters. The van der Waals surface area contributed by atoms with E-state index in [-0.39, 0.29) is 0 Å². The van der Waals surface area contributed by atoms with E-state index in [1.165, 1.54) is 0 Å². The summed E-state index contributed by atoms with van der Waals surface area (Å²) >= 11 is 0.625. The first-order valence-corrected chi connectivity index (χ1v) is 12.0. The Hall–Kier alpha value is 1.27. The maximum absolute atomic E-state index is 2.28. The van der Waals surface area contributed by atoms with Crippen LogP contribution in [0.5, 0.6) is 0 Å². The van der Waals surface area contributed by atoms with Crippen molar-refractivity contribution in [2.75, 3.05) is 0 Å². The standard InChI is InChI=1S/4CH3.2Ga/h4*1H3;;. The van der Waals surface area contributed by atoms with E-state index in [4.69, 9.17) is 0 Å². The molecule has 0 aromatic carbocycles.